The van der Waals surface area contributed by atoms with Crippen molar-refractivity contribution in [3.8, 4) is 22.3 Å². The van der Waals surface area contributed by atoms with Gasteiger partial charge in [-0.15, -0.1) is 0 Å². The Morgan fingerprint density at radius 2 is 1.40 bits per heavy atom. The first-order valence-electron chi connectivity index (χ1n) is 9.80. The van der Waals surface area contributed by atoms with E-state index in [2.05, 4.69) is 40.6 Å². The van der Waals surface area contributed by atoms with Crippen molar-refractivity contribution in [2.24, 2.45) is 0 Å². The minimum Gasteiger partial charge on any atom is -0.399 e. The maximum atomic E-state index is 6.08. The number of rotatable bonds is 4. The van der Waals surface area contributed by atoms with E-state index < -0.39 is 0 Å². The molecule has 4 heteroatoms. The third kappa shape index (κ3) is 3.59. The molecular weight excluding hydrogens is 368 g/mol. The molecule has 0 fully saturated rings. The van der Waals surface area contributed by atoms with Gasteiger partial charge >= 0.3 is 0 Å². The third-order valence-electron chi connectivity index (χ3n) is 5.02. The maximum absolute atomic E-state index is 6.08. The molecule has 4 aromatic carbocycles. The number of anilines is 3. The van der Waals surface area contributed by atoms with Crippen molar-refractivity contribution in [3.63, 3.8) is 0 Å². The lowest BCUT2D eigenvalue weighted by molar-refractivity contribution is 1.21. The second-order valence-electron chi connectivity index (χ2n) is 7.14. The first-order chi connectivity index (χ1) is 14.8. The highest BCUT2D eigenvalue weighted by Gasteiger charge is 2.11. The van der Waals surface area contributed by atoms with Crippen LogP contribution in [0.5, 0.6) is 0 Å². The number of fused-ring (bicyclic) bond motifs is 1. The number of nitrogens with zero attached hydrogens (tertiary/aromatic N) is 2. The Bertz CT molecular complexity index is 1320. The first kappa shape index (κ1) is 17.9. The Morgan fingerprint density at radius 3 is 2.17 bits per heavy atom. The first-order valence-corrected chi connectivity index (χ1v) is 9.80. The van der Waals surface area contributed by atoms with Crippen molar-refractivity contribution in [1.82, 2.24) is 9.97 Å². The Balaban J connectivity index is 1.70. The van der Waals surface area contributed by atoms with Gasteiger partial charge in [-0.1, -0.05) is 60.7 Å². The van der Waals surface area contributed by atoms with Gasteiger partial charge in [0, 0.05) is 28.5 Å². The molecule has 0 unspecified atom stereocenters. The summed E-state index contributed by atoms with van der Waals surface area (Å²) in [5.74, 6) is 0.561. The summed E-state index contributed by atoms with van der Waals surface area (Å²) < 4.78 is 0. The van der Waals surface area contributed by atoms with E-state index in [0.29, 0.717) is 5.95 Å². The van der Waals surface area contributed by atoms with Gasteiger partial charge in [-0.2, -0.15) is 0 Å². The van der Waals surface area contributed by atoms with E-state index in [-0.39, 0.29) is 0 Å². The molecule has 5 aromatic rings. The van der Waals surface area contributed by atoms with E-state index >= 15 is 0 Å². The normalized spacial score (nSPS) is 10.8. The quantitative estimate of drug-likeness (QED) is 0.355. The predicted octanol–water partition coefficient (Wildman–Crippen LogP) is 6.29. The molecule has 0 aliphatic heterocycles. The fourth-order valence-corrected chi connectivity index (χ4v) is 3.58. The number of aromatic nitrogens is 2. The van der Waals surface area contributed by atoms with Crippen LogP contribution in [0.4, 0.5) is 17.3 Å². The summed E-state index contributed by atoms with van der Waals surface area (Å²) in [5.41, 5.74) is 13.0. The summed E-state index contributed by atoms with van der Waals surface area (Å²) >= 11 is 0. The smallest absolute Gasteiger partial charge is 0.227 e. The highest BCUT2D eigenvalue weighted by molar-refractivity contribution is 5.98. The van der Waals surface area contributed by atoms with Crippen LogP contribution in [0.1, 0.15) is 0 Å². The molecule has 0 radical (unpaired) electrons. The van der Waals surface area contributed by atoms with Crippen LogP contribution in [0.3, 0.4) is 0 Å². The highest BCUT2D eigenvalue weighted by Crippen LogP contribution is 2.34. The Hall–Kier alpha value is -4.18. The Labute approximate surface area is 175 Å². The van der Waals surface area contributed by atoms with Crippen molar-refractivity contribution in [1.29, 1.82) is 0 Å². The molecule has 4 nitrogen and oxygen atoms in total. The monoisotopic (exact) mass is 388 g/mol. The van der Waals surface area contributed by atoms with Gasteiger partial charge in [-0.25, -0.2) is 9.97 Å². The van der Waals surface area contributed by atoms with Crippen LogP contribution in [-0.4, -0.2) is 9.97 Å². The average molecular weight is 388 g/mol. The van der Waals surface area contributed by atoms with Crippen molar-refractivity contribution in [3.05, 3.63) is 103 Å². The van der Waals surface area contributed by atoms with Crippen LogP contribution in [0.15, 0.2) is 103 Å². The summed E-state index contributed by atoms with van der Waals surface area (Å²) in [6.45, 7) is 0. The van der Waals surface area contributed by atoms with Gasteiger partial charge in [0.25, 0.3) is 0 Å². The van der Waals surface area contributed by atoms with Gasteiger partial charge in [0.1, 0.15) is 0 Å². The molecule has 0 saturated heterocycles. The molecular formula is C26H20N4. The average Bonchev–Trinajstić information content (AvgIpc) is 2.80. The van der Waals surface area contributed by atoms with Crippen LogP contribution in [-0.2, 0) is 0 Å². The molecule has 1 heterocycles. The molecule has 0 spiro atoms. The van der Waals surface area contributed by atoms with E-state index in [1.54, 1.807) is 0 Å². The van der Waals surface area contributed by atoms with Gasteiger partial charge < -0.3 is 11.1 Å². The summed E-state index contributed by atoms with van der Waals surface area (Å²) in [5, 5.41) is 4.26. The van der Waals surface area contributed by atoms with Crippen LogP contribution in [0, 0.1) is 0 Å². The van der Waals surface area contributed by atoms with Crippen LogP contribution < -0.4 is 11.1 Å². The number of nitrogen functional groups attached to an aromatic ring is 1. The fourth-order valence-electron chi connectivity index (χ4n) is 3.58. The van der Waals surface area contributed by atoms with Crippen molar-refractivity contribution in [2.75, 3.05) is 11.1 Å². The van der Waals surface area contributed by atoms with E-state index in [4.69, 9.17) is 10.7 Å². The molecule has 0 aliphatic carbocycles. The lowest BCUT2D eigenvalue weighted by Crippen LogP contribution is -1.98. The standard InChI is InChI=1S/C26H20N4/c27-22-11-7-10-19(15-22)24-16-20(18-8-3-1-4-9-18)14-21-17-28-26(30-25(21)24)29-23-12-5-2-6-13-23/h1-17H,27H2,(H,28,29,30). The van der Waals surface area contributed by atoms with Gasteiger partial charge in [0.15, 0.2) is 0 Å². The highest BCUT2D eigenvalue weighted by atomic mass is 15.1. The molecule has 0 atom stereocenters. The largest absolute Gasteiger partial charge is 0.399 e. The van der Waals surface area contributed by atoms with Gasteiger partial charge in [0.2, 0.25) is 5.95 Å². The van der Waals surface area contributed by atoms with E-state index in [0.717, 1.165) is 44.5 Å². The Morgan fingerprint density at radius 1 is 0.667 bits per heavy atom. The topological polar surface area (TPSA) is 63.8 Å². The number of nitrogens with one attached hydrogen (secondary N) is 1. The predicted molar refractivity (Wildman–Crippen MR) is 125 cm³/mol. The zero-order chi connectivity index (χ0) is 20.3. The molecule has 5 rings (SSSR count). The number of hydrogen-bond acceptors (Lipinski definition) is 4. The molecule has 0 bridgehead atoms. The fraction of sp³-hybridized carbons (Fsp3) is 0. The molecule has 1 aromatic heterocycles. The zero-order valence-electron chi connectivity index (χ0n) is 16.3. The SMILES string of the molecule is Nc1cccc(-c2cc(-c3ccccc3)cc3cnc(Nc4ccccc4)nc23)c1. The summed E-state index contributed by atoms with van der Waals surface area (Å²) in [4.78, 5) is 9.39. The summed E-state index contributed by atoms with van der Waals surface area (Å²) in [6, 6.07) is 32.5. The lowest BCUT2D eigenvalue weighted by Gasteiger charge is -2.12. The summed E-state index contributed by atoms with van der Waals surface area (Å²) in [7, 11) is 0. The van der Waals surface area contributed by atoms with E-state index in [1.807, 2.05) is 72.9 Å². The van der Waals surface area contributed by atoms with Gasteiger partial charge in [0.05, 0.1) is 5.52 Å². The van der Waals surface area contributed by atoms with Gasteiger partial charge in [-0.3, -0.25) is 0 Å². The minimum absolute atomic E-state index is 0.561. The molecule has 0 saturated carbocycles. The van der Waals surface area contributed by atoms with E-state index in [9.17, 15) is 0 Å². The molecule has 144 valence electrons. The third-order valence-corrected chi connectivity index (χ3v) is 5.02. The van der Waals surface area contributed by atoms with Crippen molar-refractivity contribution < 1.29 is 0 Å². The maximum Gasteiger partial charge on any atom is 0.227 e. The number of para-hydroxylation sites is 1. The van der Waals surface area contributed by atoms with Crippen LogP contribution in [0.2, 0.25) is 0 Å². The molecule has 0 amide bonds. The summed E-state index contributed by atoms with van der Waals surface area (Å²) in [6.07, 6.45) is 1.87. The zero-order valence-corrected chi connectivity index (χ0v) is 16.3. The lowest BCUT2D eigenvalue weighted by atomic mass is 9.96. The van der Waals surface area contributed by atoms with Crippen molar-refractivity contribution in [2.45, 2.75) is 0 Å². The molecule has 0 aliphatic rings. The second kappa shape index (κ2) is 7.68. The minimum atomic E-state index is 0.561. The van der Waals surface area contributed by atoms with E-state index in [1.165, 1.54) is 0 Å². The van der Waals surface area contributed by atoms with Crippen molar-refractivity contribution >= 4 is 28.2 Å². The molecule has 3 N–H and O–H groups in total. The second-order valence-corrected chi connectivity index (χ2v) is 7.14. The van der Waals surface area contributed by atoms with Crippen LogP contribution in [0.25, 0.3) is 33.2 Å². The number of hydrogen-bond donors (Lipinski definition) is 2. The number of benzene rings is 4. The number of nitrogens with two attached hydrogens (primary N) is 1. The molecule has 30 heavy (non-hydrogen) atoms. The van der Waals surface area contributed by atoms with Gasteiger partial charge in [-0.05, 0) is 53.1 Å². The van der Waals surface area contributed by atoms with Crippen LogP contribution >= 0.6 is 0 Å². The Kier molecular flexibility index (Phi) is 4.58.